The molecule has 25 heavy (non-hydrogen) atoms. The monoisotopic (exact) mass is 381 g/mol. The summed E-state index contributed by atoms with van der Waals surface area (Å²) in [5.41, 5.74) is 1.42. The molecule has 0 spiro atoms. The van der Waals surface area contributed by atoms with Gasteiger partial charge in [0.05, 0.1) is 24.2 Å². The Morgan fingerprint density at radius 1 is 1.20 bits per heavy atom. The molecule has 0 heterocycles. The molecule has 7 heteroatoms. The zero-order valence-corrected chi connectivity index (χ0v) is 15.7. The second kappa shape index (κ2) is 9.56. The summed E-state index contributed by atoms with van der Waals surface area (Å²) in [6.45, 7) is 2.65. The van der Waals surface area contributed by atoms with Crippen LogP contribution in [-0.4, -0.2) is 30.4 Å². The number of carbonyl (C=O) groups excluding carboxylic acids is 1. The van der Waals surface area contributed by atoms with Crippen LogP contribution < -0.4 is 10.1 Å². The molecule has 0 aliphatic heterocycles. The highest BCUT2D eigenvalue weighted by Crippen LogP contribution is 2.22. The quantitative estimate of drug-likeness (QED) is 0.761. The summed E-state index contributed by atoms with van der Waals surface area (Å²) in [7, 11) is 1.51. The average Bonchev–Trinajstić information content (AvgIpc) is 2.62. The fourth-order valence-electron chi connectivity index (χ4n) is 2.22. The SMILES string of the molecule is CCO[S@@](=O)c1ccc(CCNC(=O)c2cc(Cl)ccc2OC)cc1. The Morgan fingerprint density at radius 3 is 2.56 bits per heavy atom. The first kappa shape index (κ1) is 19.4. The minimum absolute atomic E-state index is 0.242. The number of hydrogen-bond donors (Lipinski definition) is 1. The van der Waals surface area contributed by atoms with Crippen LogP contribution in [0.4, 0.5) is 0 Å². The predicted molar refractivity (Wildman–Crippen MR) is 98.5 cm³/mol. The molecule has 0 aromatic heterocycles. The molecule has 0 unspecified atom stereocenters. The molecule has 5 nitrogen and oxygen atoms in total. The van der Waals surface area contributed by atoms with Crippen molar-refractivity contribution >= 4 is 28.6 Å². The number of benzene rings is 2. The first-order valence-electron chi connectivity index (χ1n) is 7.81. The first-order valence-corrected chi connectivity index (χ1v) is 9.26. The van der Waals surface area contributed by atoms with E-state index in [0.717, 1.165) is 5.56 Å². The van der Waals surface area contributed by atoms with Gasteiger partial charge in [0, 0.05) is 11.6 Å². The summed E-state index contributed by atoms with van der Waals surface area (Å²) >= 11 is 4.51. The van der Waals surface area contributed by atoms with Crippen molar-refractivity contribution in [3.63, 3.8) is 0 Å². The largest absolute Gasteiger partial charge is 0.496 e. The molecule has 0 saturated carbocycles. The average molecular weight is 382 g/mol. The van der Waals surface area contributed by atoms with E-state index in [1.807, 2.05) is 12.1 Å². The number of methoxy groups -OCH3 is 1. The molecule has 0 saturated heterocycles. The van der Waals surface area contributed by atoms with E-state index >= 15 is 0 Å². The van der Waals surface area contributed by atoms with Crippen molar-refractivity contribution < 1.29 is 17.9 Å². The van der Waals surface area contributed by atoms with Gasteiger partial charge < -0.3 is 10.1 Å². The van der Waals surface area contributed by atoms with Gasteiger partial charge in [0.15, 0.2) is 11.1 Å². The standard InChI is InChI=1S/C18H20ClNO4S/c1-3-24-25(22)15-7-4-13(5-8-15)10-11-20-18(21)16-12-14(19)6-9-17(16)23-2/h4-9,12H,3,10-11H2,1-2H3,(H,20,21)/t25-/m1/s1. The number of nitrogens with one attached hydrogen (secondary N) is 1. The van der Waals surface area contributed by atoms with Crippen molar-refractivity contribution in [2.75, 3.05) is 20.3 Å². The minimum Gasteiger partial charge on any atom is -0.496 e. The maximum Gasteiger partial charge on any atom is 0.255 e. The summed E-state index contributed by atoms with van der Waals surface area (Å²) in [5.74, 6) is 0.234. The fourth-order valence-corrected chi connectivity index (χ4v) is 3.10. The Kier molecular flexibility index (Phi) is 7.43. The van der Waals surface area contributed by atoms with Crippen molar-refractivity contribution in [2.24, 2.45) is 0 Å². The highest BCUT2D eigenvalue weighted by Gasteiger charge is 2.12. The van der Waals surface area contributed by atoms with E-state index in [2.05, 4.69) is 5.32 Å². The molecule has 0 aliphatic carbocycles. The van der Waals surface area contributed by atoms with Crippen LogP contribution in [0.1, 0.15) is 22.8 Å². The lowest BCUT2D eigenvalue weighted by atomic mass is 10.1. The Balaban J connectivity index is 1.91. The summed E-state index contributed by atoms with van der Waals surface area (Å²) in [5, 5.41) is 3.32. The Labute approximate surface area is 155 Å². The zero-order valence-electron chi connectivity index (χ0n) is 14.1. The zero-order chi connectivity index (χ0) is 18.2. The number of ether oxygens (including phenoxy) is 1. The lowest BCUT2D eigenvalue weighted by Crippen LogP contribution is -2.26. The van der Waals surface area contributed by atoms with Crippen LogP contribution in [0.5, 0.6) is 5.75 Å². The third-order valence-corrected chi connectivity index (χ3v) is 4.79. The van der Waals surface area contributed by atoms with Gasteiger partial charge in [-0.2, -0.15) is 0 Å². The highest BCUT2D eigenvalue weighted by atomic mass is 35.5. The number of amides is 1. The number of hydrogen-bond acceptors (Lipinski definition) is 4. The summed E-state index contributed by atoms with van der Waals surface area (Å²) in [4.78, 5) is 12.9. The molecule has 0 bridgehead atoms. The number of halogens is 1. The van der Waals surface area contributed by atoms with Gasteiger partial charge in [0.1, 0.15) is 5.75 Å². The molecular weight excluding hydrogens is 362 g/mol. The molecule has 134 valence electrons. The van der Waals surface area contributed by atoms with Crippen molar-refractivity contribution in [1.82, 2.24) is 5.32 Å². The van der Waals surface area contributed by atoms with Gasteiger partial charge >= 0.3 is 0 Å². The van der Waals surface area contributed by atoms with Crippen LogP contribution >= 0.6 is 11.6 Å². The van der Waals surface area contributed by atoms with Crippen LogP contribution in [-0.2, 0) is 21.7 Å². The normalized spacial score (nSPS) is 11.8. The van der Waals surface area contributed by atoms with Crippen LogP contribution in [0.25, 0.3) is 0 Å². The molecule has 2 aromatic rings. The van der Waals surface area contributed by atoms with Gasteiger partial charge in [-0.05, 0) is 49.2 Å². The van der Waals surface area contributed by atoms with Gasteiger partial charge in [-0.1, -0.05) is 23.7 Å². The lowest BCUT2D eigenvalue weighted by Gasteiger charge is -2.10. The number of rotatable bonds is 8. The molecule has 2 rings (SSSR count). The van der Waals surface area contributed by atoms with Crippen LogP contribution in [0.3, 0.4) is 0 Å². The molecule has 1 amide bonds. The van der Waals surface area contributed by atoms with Crippen molar-refractivity contribution in [3.8, 4) is 5.75 Å². The molecule has 2 aromatic carbocycles. The molecule has 0 fully saturated rings. The maximum atomic E-state index is 12.3. The second-order valence-electron chi connectivity index (χ2n) is 5.14. The van der Waals surface area contributed by atoms with Crippen molar-refractivity contribution in [1.29, 1.82) is 0 Å². The summed E-state index contributed by atoms with van der Waals surface area (Å²) in [6, 6.07) is 12.2. The lowest BCUT2D eigenvalue weighted by molar-refractivity contribution is 0.0951. The van der Waals surface area contributed by atoms with E-state index < -0.39 is 11.1 Å². The van der Waals surface area contributed by atoms with E-state index in [-0.39, 0.29) is 5.91 Å². The maximum absolute atomic E-state index is 12.3. The molecular formula is C18H20ClNO4S. The smallest absolute Gasteiger partial charge is 0.255 e. The van der Waals surface area contributed by atoms with Crippen LogP contribution in [0, 0.1) is 0 Å². The van der Waals surface area contributed by atoms with E-state index in [1.165, 1.54) is 7.11 Å². The highest BCUT2D eigenvalue weighted by molar-refractivity contribution is 7.80. The summed E-state index contributed by atoms with van der Waals surface area (Å²) in [6.07, 6.45) is 0.649. The molecule has 1 atom stereocenters. The second-order valence-corrected chi connectivity index (χ2v) is 6.75. The van der Waals surface area contributed by atoms with Gasteiger partial charge in [-0.15, -0.1) is 0 Å². The van der Waals surface area contributed by atoms with E-state index in [9.17, 15) is 9.00 Å². The Hall–Kier alpha value is -1.89. The number of carbonyl (C=O) groups is 1. The molecule has 0 radical (unpaired) electrons. The van der Waals surface area contributed by atoms with Crippen LogP contribution in [0.15, 0.2) is 47.4 Å². The van der Waals surface area contributed by atoms with Crippen molar-refractivity contribution in [2.45, 2.75) is 18.2 Å². The Morgan fingerprint density at radius 2 is 1.92 bits per heavy atom. The van der Waals surface area contributed by atoms with E-state index in [0.29, 0.717) is 40.8 Å². The fraction of sp³-hybridized carbons (Fsp3) is 0.278. The van der Waals surface area contributed by atoms with E-state index in [1.54, 1.807) is 37.3 Å². The third-order valence-electron chi connectivity index (χ3n) is 3.45. The van der Waals surface area contributed by atoms with Crippen molar-refractivity contribution in [3.05, 3.63) is 58.6 Å². The first-order chi connectivity index (χ1) is 12.0. The molecule has 1 N–H and O–H groups in total. The van der Waals surface area contributed by atoms with Gasteiger partial charge in [-0.25, -0.2) is 4.21 Å². The minimum atomic E-state index is -1.43. The Bertz CT molecular complexity index is 749. The summed E-state index contributed by atoms with van der Waals surface area (Å²) < 4.78 is 21.9. The van der Waals surface area contributed by atoms with E-state index in [4.69, 9.17) is 20.5 Å². The predicted octanol–water partition coefficient (Wildman–Crippen LogP) is 3.38. The van der Waals surface area contributed by atoms with Crippen LogP contribution in [0.2, 0.25) is 5.02 Å². The van der Waals surface area contributed by atoms with Gasteiger partial charge in [-0.3, -0.25) is 8.98 Å². The third kappa shape index (κ3) is 5.56. The topological polar surface area (TPSA) is 64.6 Å². The molecule has 0 aliphatic rings. The van der Waals surface area contributed by atoms with Gasteiger partial charge in [0.2, 0.25) is 0 Å². The van der Waals surface area contributed by atoms with Gasteiger partial charge in [0.25, 0.3) is 5.91 Å².